The summed E-state index contributed by atoms with van der Waals surface area (Å²) in [7, 11) is 0. The second-order valence-electron chi connectivity index (χ2n) is 6.15. The van der Waals surface area contributed by atoms with Crippen molar-refractivity contribution < 1.29 is 10.0 Å². The number of nitro benzene ring substituents is 1. The third-order valence-electron chi connectivity index (χ3n) is 3.88. The summed E-state index contributed by atoms with van der Waals surface area (Å²) in [5.74, 6) is 0.164. The quantitative estimate of drug-likeness (QED) is 0.384. The van der Waals surface area contributed by atoms with Gasteiger partial charge in [0, 0.05) is 28.1 Å². The average molecular weight is 431 g/mol. The number of phenols is 1. The SMILES string of the molecule is CC(C)c1nc2ccc(Br)cc2c(=O)n1N=Cc1cc([N+](=O)[O-])ccc1O. The van der Waals surface area contributed by atoms with Gasteiger partial charge >= 0.3 is 0 Å². The van der Waals surface area contributed by atoms with Crippen molar-refractivity contribution >= 4 is 38.7 Å². The van der Waals surface area contributed by atoms with Crippen LogP contribution in [0, 0.1) is 10.1 Å². The number of aromatic nitrogens is 2. The molecule has 27 heavy (non-hydrogen) atoms. The molecule has 0 aliphatic rings. The highest BCUT2D eigenvalue weighted by molar-refractivity contribution is 9.10. The first kappa shape index (κ1) is 18.7. The van der Waals surface area contributed by atoms with Crippen LogP contribution >= 0.6 is 15.9 Å². The molecule has 0 fully saturated rings. The maximum atomic E-state index is 12.9. The lowest BCUT2D eigenvalue weighted by Crippen LogP contribution is -2.23. The Morgan fingerprint density at radius 1 is 1.30 bits per heavy atom. The Hall–Kier alpha value is -3.07. The maximum absolute atomic E-state index is 12.9. The highest BCUT2D eigenvalue weighted by atomic mass is 79.9. The zero-order chi connectivity index (χ0) is 19.7. The van der Waals surface area contributed by atoms with Crippen molar-refractivity contribution in [3.05, 3.63) is 72.7 Å². The number of benzene rings is 2. The molecule has 3 aromatic rings. The summed E-state index contributed by atoms with van der Waals surface area (Å²) < 4.78 is 1.88. The molecule has 0 saturated carbocycles. The molecule has 0 radical (unpaired) electrons. The minimum atomic E-state index is -0.572. The lowest BCUT2D eigenvalue weighted by Gasteiger charge is -2.12. The number of hydrogen-bond acceptors (Lipinski definition) is 6. The first-order chi connectivity index (χ1) is 12.8. The van der Waals surface area contributed by atoms with Gasteiger partial charge in [0.1, 0.15) is 11.6 Å². The summed E-state index contributed by atoms with van der Waals surface area (Å²) in [5, 5.41) is 25.4. The number of halogens is 1. The molecule has 0 saturated heterocycles. The number of phenolic OH excluding ortho intramolecular Hbond substituents is 1. The lowest BCUT2D eigenvalue weighted by molar-refractivity contribution is -0.384. The van der Waals surface area contributed by atoms with Gasteiger partial charge < -0.3 is 5.11 Å². The number of nitrogens with zero attached hydrogens (tertiary/aromatic N) is 4. The van der Waals surface area contributed by atoms with Crippen LogP contribution in [0.4, 0.5) is 5.69 Å². The van der Waals surface area contributed by atoms with E-state index in [9.17, 15) is 20.0 Å². The van der Waals surface area contributed by atoms with Crippen molar-refractivity contribution in [2.24, 2.45) is 5.10 Å². The Balaban J connectivity index is 2.19. The van der Waals surface area contributed by atoms with Crippen LogP contribution in [-0.4, -0.2) is 25.9 Å². The molecule has 0 aliphatic carbocycles. The standard InChI is InChI=1S/C18H15BrN4O4/c1-10(2)17-21-15-5-3-12(19)8-14(15)18(25)22(17)20-9-11-7-13(23(26)27)4-6-16(11)24/h3-10,24H,1-2H3. The molecule has 138 valence electrons. The first-order valence-electron chi connectivity index (χ1n) is 8.02. The summed E-state index contributed by atoms with van der Waals surface area (Å²) in [6, 6.07) is 8.78. The molecule has 0 amide bonds. The zero-order valence-corrected chi connectivity index (χ0v) is 16.0. The minimum absolute atomic E-state index is 0.0957. The summed E-state index contributed by atoms with van der Waals surface area (Å²) in [6.45, 7) is 3.76. The minimum Gasteiger partial charge on any atom is -0.507 e. The van der Waals surface area contributed by atoms with E-state index >= 15 is 0 Å². The van der Waals surface area contributed by atoms with Crippen molar-refractivity contribution in [3.63, 3.8) is 0 Å². The fourth-order valence-electron chi connectivity index (χ4n) is 2.53. The van der Waals surface area contributed by atoms with Gasteiger partial charge in [-0.3, -0.25) is 14.9 Å². The summed E-state index contributed by atoms with van der Waals surface area (Å²) >= 11 is 3.33. The second-order valence-corrected chi connectivity index (χ2v) is 7.06. The van der Waals surface area contributed by atoms with Crippen LogP contribution in [0.2, 0.25) is 0 Å². The van der Waals surface area contributed by atoms with E-state index < -0.39 is 4.92 Å². The van der Waals surface area contributed by atoms with E-state index in [1.807, 2.05) is 13.8 Å². The number of aromatic hydroxyl groups is 1. The van der Waals surface area contributed by atoms with E-state index in [2.05, 4.69) is 26.0 Å². The maximum Gasteiger partial charge on any atom is 0.282 e. The van der Waals surface area contributed by atoms with E-state index in [1.54, 1.807) is 18.2 Å². The number of hydrogen-bond donors (Lipinski definition) is 1. The molecule has 1 heterocycles. The van der Waals surface area contributed by atoms with E-state index in [4.69, 9.17) is 0 Å². The van der Waals surface area contributed by atoms with Crippen LogP contribution in [0.5, 0.6) is 5.75 Å². The van der Waals surface area contributed by atoms with Gasteiger partial charge in [0.15, 0.2) is 0 Å². The molecule has 1 N–H and O–H groups in total. The van der Waals surface area contributed by atoms with Crippen LogP contribution < -0.4 is 5.56 Å². The molecule has 8 nitrogen and oxygen atoms in total. The van der Waals surface area contributed by atoms with Gasteiger partial charge in [-0.05, 0) is 24.3 Å². The Labute approximate surface area is 162 Å². The fraction of sp³-hybridized carbons (Fsp3) is 0.167. The predicted octanol–water partition coefficient (Wildman–Crippen LogP) is 3.78. The van der Waals surface area contributed by atoms with E-state index in [-0.39, 0.29) is 28.5 Å². The van der Waals surface area contributed by atoms with Gasteiger partial charge in [0.25, 0.3) is 11.2 Å². The molecule has 0 aliphatic heterocycles. The molecule has 0 bridgehead atoms. The van der Waals surface area contributed by atoms with Crippen LogP contribution in [0.3, 0.4) is 0 Å². The summed E-state index contributed by atoms with van der Waals surface area (Å²) in [4.78, 5) is 27.8. The fourth-order valence-corrected chi connectivity index (χ4v) is 2.89. The van der Waals surface area contributed by atoms with Crippen LogP contribution in [0.15, 0.2) is 50.8 Å². The molecule has 1 aromatic heterocycles. The van der Waals surface area contributed by atoms with Crippen molar-refractivity contribution in [3.8, 4) is 5.75 Å². The van der Waals surface area contributed by atoms with Crippen molar-refractivity contribution in [1.82, 2.24) is 9.66 Å². The van der Waals surface area contributed by atoms with Gasteiger partial charge in [0.2, 0.25) is 0 Å². The smallest absolute Gasteiger partial charge is 0.282 e. The molecule has 2 aromatic carbocycles. The third kappa shape index (κ3) is 3.72. The van der Waals surface area contributed by atoms with E-state index in [1.165, 1.54) is 24.4 Å². The first-order valence-corrected chi connectivity index (χ1v) is 8.81. The van der Waals surface area contributed by atoms with Crippen LogP contribution in [-0.2, 0) is 0 Å². The Morgan fingerprint density at radius 2 is 2.04 bits per heavy atom. The van der Waals surface area contributed by atoms with Gasteiger partial charge in [-0.25, -0.2) is 4.98 Å². The second kappa shape index (κ2) is 7.28. The summed E-state index contributed by atoms with van der Waals surface area (Å²) in [6.07, 6.45) is 1.21. The Bertz CT molecular complexity index is 1140. The number of rotatable bonds is 4. The lowest BCUT2D eigenvalue weighted by atomic mass is 10.2. The molecular weight excluding hydrogens is 416 g/mol. The van der Waals surface area contributed by atoms with E-state index in [0.717, 1.165) is 9.15 Å². The zero-order valence-electron chi connectivity index (χ0n) is 14.5. The largest absolute Gasteiger partial charge is 0.507 e. The van der Waals surface area contributed by atoms with Gasteiger partial charge in [-0.15, -0.1) is 0 Å². The van der Waals surface area contributed by atoms with E-state index in [0.29, 0.717) is 16.7 Å². The molecular formula is C18H15BrN4O4. The third-order valence-corrected chi connectivity index (χ3v) is 4.38. The Morgan fingerprint density at radius 3 is 2.70 bits per heavy atom. The van der Waals surface area contributed by atoms with Crippen molar-refractivity contribution in [1.29, 1.82) is 0 Å². The normalized spacial score (nSPS) is 11.6. The summed E-state index contributed by atoms with van der Waals surface area (Å²) in [5.41, 5.74) is 0.120. The highest BCUT2D eigenvalue weighted by Crippen LogP contribution is 2.22. The molecule has 9 heteroatoms. The van der Waals surface area contributed by atoms with Gasteiger partial charge in [-0.2, -0.15) is 9.78 Å². The molecule has 0 unspecified atom stereocenters. The van der Waals surface area contributed by atoms with Gasteiger partial charge in [-0.1, -0.05) is 29.8 Å². The van der Waals surface area contributed by atoms with Crippen LogP contribution in [0.25, 0.3) is 10.9 Å². The number of nitro groups is 1. The topological polar surface area (TPSA) is 111 Å². The molecule has 0 spiro atoms. The van der Waals surface area contributed by atoms with Crippen LogP contribution in [0.1, 0.15) is 31.2 Å². The number of non-ortho nitro benzene ring substituents is 1. The predicted molar refractivity (Wildman–Crippen MR) is 106 cm³/mol. The molecule has 3 rings (SSSR count). The monoisotopic (exact) mass is 430 g/mol. The number of fused-ring (bicyclic) bond motifs is 1. The average Bonchev–Trinajstić information content (AvgIpc) is 2.62. The molecule has 0 atom stereocenters. The van der Waals surface area contributed by atoms with Crippen molar-refractivity contribution in [2.75, 3.05) is 0 Å². The van der Waals surface area contributed by atoms with Gasteiger partial charge in [0.05, 0.1) is 22.0 Å². The Kier molecular flexibility index (Phi) is 5.04. The highest BCUT2D eigenvalue weighted by Gasteiger charge is 2.14. The van der Waals surface area contributed by atoms with Crippen molar-refractivity contribution in [2.45, 2.75) is 19.8 Å².